The van der Waals surface area contributed by atoms with Crippen molar-refractivity contribution < 1.29 is 9.53 Å². The lowest BCUT2D eigenvalue weighted by Gasteiger charge is -2.16. The first-order chi connectivity index (χ1) is 20.8. The van der Waals surface area contributed by atoms with Crippen molar-refractivity contribution in [3.8, 4) is 0 Å². The van der Waals surface area contributed by atoms with E-state index >= 15 is 0 Å². The Hall–Kier alpha value is -0.530. The fourth-order valence-corrected chi connectivity index (χ4v) is 6.93. The Morgan fingerprint density at radius 3 is 0.976 bits per heavy atom. The van der Waals surface area contributed by atoms with E-state index in [1.807, 2.05) is 0 Å². The molecule has 0 saturated heterocycles. The van der Waals surface area contributed by atoms with E-state index in [2.05, 4.69) is 6.92 Å². The maximum absolute atomic E-state index is 13.0. The quantitative estimate of drug-likeness (QED) is 0.117. The van der Waals surface area contributed by atoms with E-state index in [0.29, 0.717) is 6.61 Å². The first-order valence-corrected chi connectivity index (χ1v) is 20.0. The smallest absolute Gasteiger partial charge is 0.308 e. The number of unbranched alkanes of at least 4 members (excludes halogenated alkanes) is 15. The SMILES string of the molecule is CCCCCCCCCCCCCCCCCCOC(=O)C1CCCCCCCCCCCCCCCCCCCC1. The second-order valence-corrected chi connectivity index (χ2v) is 14.1. The molecule has 0 aromatic heterocycles. The van der Waals surface area contributed by atoms with Gasteiger partial charge in [0.15, 0.2) is 0 Å². The fourth-order valence-electron chi connectivity index (χ4n) is 6.93. The van der Waals surface area contributed by atoms with Crippen molar-refractivity contribution in [2.24, 2.45) is 5.92 Å². The summed E-state index contributed by atoms with van der Waals surface area (Å²) in [6.07, 6.45) is 49.0. The lowest BCUT2D eigenvalue weighted by atomic mass is 9.94. The van der Waals surface area contributed by atoms with Crippen molar-refractivity contribution in [2.75, 3.05) is 6.61 Å². The Bertz CT molecular complexity index is 508. The van der Waals surface area contributed by atoms with Gasteiger partial charge in [-0.2, -0.15) is 0 Å². The molecule has 42 heavy (non-hydrogen) atoms. The van der Waals surface area contributed by atoms with Crippen LogP contribution in [-0.2, 0) is 9.53 Å². The molecule has 0 N–H and O–H groups in total. The van der Waals surface area contributed by atoms with Crippen molar-refractivity contribution in [2.45, 2.75) is 238 Å². The highest BCUT2D eigenvalue weighted by molar-refractivity contribution is 5.72. The van der Waals surface area contributed by atoms with Crippen molar-refractivity contribution in [3.63, 3.8) is 0 Å². The Labute approximate surface area is 265 Å². The second kappa shape index (κ2) is 33.4. The van der Waals surface area contributed by atoms with Crippen molar-refractivity contribution in [3.05, 3.63) is 0 Å². The number of carbonyl (C=O) groups excluding carboxylic acids is 1. The first-order valence-electron chi connectivity index (χ1n) is 20.0. The molecule has 0 heterocycles. The summed E-state index contributed by atoms with van der Waals surface area (Å²) in [6, 6.07) is 0. The maximum Gasteiger partial charge on any atom is 0.308 e. The Morgan fingerprint density at radius 1 is 0.405 bits per heavy atom. The molecule has 0 aromatic rings. The molecule has 0 amide bonds. The zero-order valence-corrected chi connectivity index (χ0v) is 29.1. The van der Waals surface area contributed by atoms with E-state index < -0.39 is 0 Å². The van der Waals surface area contributed by atoms with Crippen LogP contribution < -0.4 is 0 Å². The Kier molecular flexibility index (Phi) is 31.4. The molecular weight excluding hydrogens is 512 g/mol. The highest BCUT2D eigenvalue weighted by Crippen LogP contribution is 2.22. The molecule has 1 rings (SSSR count). The average Bonchev–Trinajstić information content (AvgIpc) is 3.00. The van der Waals surface area contributed by atoms with Crippen molar-refractivity contribution in [1.82, 2.24) is 0 Å². The van der Waals surface area contributed by atoms with Gasteiger partial charge in [0.05, 0.1) is 12.5 Å². The second-order valence-electron chi connectivity index (χ2n) is 14.1. The van der Waals surface area contributed by atoms with Crippen LogP contribution in [0.25, 0.3) is 0 Å². The van der Waals surface area contributed by atoms with Crippen LogP contribution in [0.15, 0.2) is 0 Å². The van der Waals surface area contributed by atoms with Crippen LogP contribution in [0.5, 0.6) is 0 Å². The standard InChI is InChI=1S/C40H78O2/c1-2-3-4-5-6-7-8-9-10-17-20-23-26-29-32-35-38-42-40(41)39-36-33-30-27-24-21-18-15-13-11-12-14-16-19-22-25-28-31-34-37-39/h39H,2-38H2,1H3. The fraction of sp³-hybridized carbons (Fsp3) is 0.975. The number of hydrogen-bond acceptors (Lipinski definition) is 2. The third-order valence-electron chi connectivity index (χ3n) is 9.93. The maximum atomic E-state index is 13.0. The van der Waals surface area contributed by atoms with Gasteiger partial charge in [-0.05, 0) is 19.3 Å². The van der Waals surface area contributed by atoms with Crippen LogP contribution >= 0.6 is 0 Å². The normalized spacial score (nSPS) is 18.3. The highest BCUT2D eigenvalue weighted by atomic mass is 16.5. The van der Waals surface area contributed by atoms with Crippen molar-refractivity contribution >= 4 is 5.97 Å². The summed E-state index contributed by atoms with van der Waals surface area (Å²) < 4.78 is 5.84. The summed E-state index contributed by atoms with van der Waals surface area (Å²) >= 11 is 0. The third kappa shape index (κ3) is 28.3. The monoisotopic (exact) mass is 591 g/mol. The van der Waals surface area contributed by atoms with E-state index in [-0.39, 0.29) is 11.9 Å². The summed E-state index contributed by atoms with van der Waals surface area (Å²) in [7, 11) is 0. The zero-order valence-electron chi connectivity index (χ0n) is 29.1. The number of carbonyl (C=O) groups is 1. The average molecular weight is 591 g/mol. The molecule has 0 atom stereocenters. The van der Waals surface area contributed by atoms with Crippen LogP contribution in [0.1, 0.15) is 238 Å². The van der Waals surface area contributed by atoms with Gasteiger partial charge in [-0.15, -0.1) is 0 Å². The molecule has 0 aliphatic heterocycles. The highest BCUT2D eigenvalue weighted by Gasteiger charge is 2.19. The molecule has 0 aromatic carbocycles. The Balaban J connectivity index is 2.08. The molecule has 1 saturated carbocycles. The van der Waals surface area contributed by atoms with E-state index in [9.17, 15) is 4.79 Å². The summed E-state index contributed by atoms with van der Waals surface area (Å²) in [5.41, 5.74) is 0. The van der Waals surface area contributed by atoms with Crippen LogP contribution in [0.3, 0.4) is 0 Å². The lowest BCUT2D eigenvalue weighted by Crippen LogP contribution is -2.18. The predicted octanol–water partition coefficient (Wildman–Crippen LogP) is 14.2. The van der Waals surface area contributed by atoms with Crippen LogP contribution in [0.4, 0.5) is 0 Å². The number of esters is 1. The molecule has 0 unspecified atom stereocenters. The van der Waals surface area contributed by atoms with Crippen LogP contribution in [-0.4, -0.2) is 12.6 Å². The van der Waals surface area contributed by atoms with E-state index in [0.717, 1.165) is 19.3 Å². The number of ether oxygens (including phenoxy) is 1. The van der Waals surface area contributed by atoms with Gasteiger partial charge < -0.3 is 4.74 Å². The van der Waals surface area contributed by atoms with E-state index in [1.54, 1.807) is 0 Å². The van der Waals surface area contributed by atoms with E-state index in [4.69, 9.17) is 4.74 Å². The molecule has 250 valence electrons. The van der Waals surface area contributed by atoms with Gasteiger partial charge >= 0.3 is 5.97 Å². The molecule has 1 aliphatic rings. The number of rotatable bonds is 18. The molecule has 1 aliphatic carbocycles. The number of hydrogen-bond donors (Lipinski definition) is 0. The topological polar surface area (TPSA) is 26.3 Å². The van der Waals surface area contributed by atoms with Gasteiger partial charge in [-0.3, -0.25) is 4.79 Å². The molecule has 0 bridgehead atoms. The first kappa shape index (κ1) is 39.5. The minimum absolute atomic E-state index is 0.120. The zero-order chi connectivity index (χ0) is 30.0. The predicted molar refractivity (Wildman–Crippen MR) is 186 cm³/mol. The van der Waals surface area contributed by atoms with Crippen molar-refractivity contribution in [1.29, 1.82) is 0 Å². The van der Waals surface area contributed by atoms with Gasteiger partial charge in [0.2, 0.25) is 0 Å². The molecule has 2 nitrogen and oxygen atoms in total. The van der Waals surface area contributed by atoms with Gasteiger partial charge in [-0.1, -0.05) is 219 Å². The van der Waals surface area contributed by atoms with Crippen LogP contribution in [0.2, 0.25) is 0 Å². The summed E-state index contributed by atoms with van der Waals surface area (Å²) in [6.45, 7) is 2.94. The molecule has 0 radical (unpaired) electrons. The molecule has 1 fully saturated rings. The van der Waals surface area contributed by atoms with Gasteiger partial charge in [0.1, 0.15) is 0 Å². The molecule has 0 spiro atoms. The minimum atomic E-state index is 0.120. The van der Waals surface area contributed by atoms with E-state index in [1.165, 1.54) is 212 Å². The summed E-state index contributed by atoms with van der Waals surface area (Å²) in [5, 5.41) is 0. The molecule has 2 heteroatoms. The third-order valence-corrected chi connectivity index (χ3v) is 9.93. The van der Waals surface area contributed by atoms with Gasteiger partial charge in [0, 0.05) is 0 Å². The van der Waals surface area contributed by atoms with Gasteiger partial charge in [0.25, 0.3) is 0 Å². The van der Waals surface area contributed by atoms with Crippen LogP contribution in [0, 0.1) is 5.92 Å². The summed E-state index contributed by atoms with van der Waals surface area (Å²) in [4.78, 5) is 13.0. The largest absolute Gasteiger partial charge is 0.465 e. The minimum Gasteiger partial charge on any atom is -0.465 e. The Morgan fingerprint density at radius 2 is 0.667 bits per heavy atom. The van der Waals surface area contributed by atoms with Gasteiger partial charge in [-0.25, -0.2) is 0 Å². The molecular formula is C40H78O2. The summed E-state index contributed by atoms with van der Waals surface area (Å²) in [5.74, 6) is 0.273. The lowest BCUT2D eigenvalue weighted by molar-refractivity contribution is -0.149.